The lowest BCUT2D eigenvalue weighted by Gasteiger charge is -2.26. The standard InChI is InChI=1S/C33H21N3O3/c37-31-24(17-23-22-10-4-3-7-19(22)13-14-30(23)39-31)29-18-33(25-11-5-6-12-26(25)35-32(33)38)36-28-16-21-9-2-1-8-20(21)15-27(28)34-29/h1-18,34,36H,(H,35,38). The molecular weight excluding hydrogens is 486 g/mol. The zero-order chi connectivity index (χ0) is 26.1. The van der Waals surface area contributed by atoms with Crippen molar-refractivity contribution in [2.45, 2.75) is 5.54 Å². The van der Waals surface area contributed by atoms with Gasteiger partial charge in [0.15, 0.2) is 5.54 Å². The average molecular weight is 508 g/mol. The van der Waals surface area contributed by atoms with Crippen molar-refractivity contribution in [2.75, 3.05) is 16.0 Å². The highest BCUT2D eigenvalue weighted by Gasteiger charge is 2.47. The molecule has 0 aliphatic carbocycles. The molecule has 1 aromatic heterocycles. The summed E-state index contributed by atoms with van der Waals surface area (Å²) in [5.41, 5.74) is 2.64. The third-order valence-electron chi connectivity index (χ3n) is 7.74. The second kappa shape index (κ2) is 7.82. The van der Waals surface area contributed by atoms with Crippen LogP contribution in [-0.2, 0) is 10.3 Å². The van der Waals surface area contributed by atoms with E-state index in [9.17, 15) is 9.59 Å². The molecule has 6 aromatic rings. The van der Waals surface area contributed by atoms with E-state index >= 15 is 0 Å². The van der Waals surface area contributed by atoms with Gasteiger partial charge in [-0.1, -0.05) is 72.8 Å². The van der Waals surface area contributed by atoms with E-state index in [2.05, 4.69) is 16.0 Å². The first kappa shape index (κ1) is 21.7. The van der Waals surface area contributed by atoms with Crippen molar-refractivity contribution in [2.24, 2.45) is 0 Å². The van der Waals surface area contributed by atoms with Gasteiger partial charge in [-0.05, 0) is 58.0 Å². The van der Waals surface area contributed by atoms with Crippen LogP contribution in [-0.4, -0.2) is 5.91 Å². The molecule has 0 saturated carbocycles. The number of anilines is 3. The SMILES string of the molecule is O=C1Nc2ccccc2C12C=C(c1cc3c(ccc4ccccc43)oc1=O)Nc1cc3ccccc3cc1N2. The van der Waals surface area contributed by atoms with Gasteiger partial charge in [0.05, 0.1) is 22.6 Å². The second-order valence-electron chi connectivity index (χ2n) is 10.0. The molecule has 0 bridgehead atoms. The van der Waals surface area contributed by atoms with Gasteiger partial charge < -0.3 is 20.4 Å². The molecule has 6 heteroatoms. The lowest BCUT2D eigenvalue weighted by atomic mass is 9.89. The predicted molar refractivity (Wildman–Crippen MR) is 156 cm³/mol. The summed E-state index contributed by atoms with van der Waals surface area (Å²) >= 11 is 0. The molecule has 2 aliphatic heterocycles. The Morgan fingerprint density at radius 3 is 2.18 bits per heavy atom. The maximum atomic E-state index is 13.7. The zero-order valence-corrected chi connectivity index (χ0v) is 20.6. The fourth-order valence-corrected chi connectivity index (χ4v) is 5.84. The Bertz CT molecular complexity index is 2110. The van der Waals surface area contributed by atoms with E-state index < -0.39 is 11.2 Å². The van der Waals surface area contributed by atoms with Gasteiger partial charge in [0.2, 0.25) is 0 Å². The van der Waals surface area contributed by atoms with E-state index in [4.69, 9.17) is 4.42 Å². The Hall–Kier alpha value is -5.36. The van der Waals surface area contributed by atoms with Crippen LogP contribution < -0.4 is 21.6 Å². The summed E-state index contributed by atoms with van der Waals surface area (Å²) in [5.74, 6) is -0.223. The van der Waals surface area contributed by atoms with Crippen molar-refractivity contribution in [3.63, 3.8) is 0 Å². The van der Waals surface area contributed by atoms with Crippen LogP contribution in [0.4, 0.5) is 17.1 Å². The molecule has 1 unspecified atom stereocenters. The quantitative estimate of drug-likeness (QED) is 0.168. The fraction of sp³-hybridized carbons (Fsp3) is 0.0303. The minimum atomic E-state index is -1.24. The summed E-state index contributed by atoms with van der Waals surface area (Å²) in [5, 5.41) is 15.0. The number of para-hydroxylation sites is 1. The maximum Gasteiger partial charge on any atom is 0.345 e. The minimum Gasteiger partial charge on any atom is -0.422 e. The fourth-order valence-electron chi connectivity index (χ4n) is 5.84. The van der Waals surface area contributed by atoms with E-state index in [-0.39, 0.29) is 5.91 Å². The lowest BCUT2D eigenvalue weighted by Crippen LogP contribution is -2.40. The third-order valence-corrected chi connectivity index (χ3v) is 7.74. The van der Waals surface area contributed by atoms with E-state index in [0.717, 1.165) is 49.6 Å². The maximum absolute atomic E-state index is 13.7. The van der Waals surface area contributed by atoms with Gasteiger partial charge in [-0.2, -0.15) is 0 Å². The number of carbonyl (C=O) groups excluding carboxylic acids is 1. The third kappa shape index (κ3) is 3.15. The van der Waals surface area contributed by atoms with Crippen LogP contribution in [0.5, 0.6) is 0 Å². The molecule has 1 spiro atoms. The smallest absolute Gasteiger partial charge is 0.345 e. The van der Waals surface area contributed by atoms with Crippen LogP contribution in [0.2, 0.25) is 0 Å². The van der Waals surface area contributed by atoms with Crippen LogP contribution in [0.1, 0.15) is 11.1 Å². The van der Waals surface area contributed by atoms with Crippen molar-refractivity contribution in [3.8, 4) is 0 Å². The highest BCUT2D eigenvalue weighted by molar-refractivity contribution is 6.13. The van der Waals surface area contributed by atoms with Gasteiger partial charge in [-0.25, -0.2) is 4.79 Å². The van der Waals surface area contributed by atoms with Crippen LogP contribution >= 0.6 is 0 Å². The number of benzene rings is 5. The summed E-state index contributed by atoms with van der Waals surface area (Å²) in [6.45, 7) is 0. The second-order valence-corrected chi connectivity index (χ2v) is 10.0. The molecule has 2 aliphatic rings. The Kier molecular flexibility index (Phi) is 4.35. The van der Waals surface area contributed by atoms with E-state index in [1.54, 1.807) is 0 Å². The van der Waals surface area contributed by atoms with Gasteiger partial charge >= 0.3 is 5.63 Å². The number of rotatable bonds is 1. The number of amides is 1. The van der Waals surface area contributed by atoms with Crippen molar-refractivity contribution >= 4 is 61.2 Å². The Morgan fingerprint density at radius 2 is 1.33 bits per heavy atom. The van der Waals surface area contributed by atoms with E-state index in [1.807, 2.05) is 109 Å². The first-order valence-corrected chi connectivity index (χ1v) is 12.8. The highest BCUT2D eigenvalue weighted by Crippen LogP contribution is 2.45. The van der Waals surface area contributed by atoms with Crippen LogP contribution in [0, 0.1) is 0 Å². The van der Waals surface area contributed by atoms with Gasteiger partial charge in [-0.3, -0.25) is 4.79 Å². The summed E-state index contributed by atoms with van der Waals surface area (Å²) in [7, 11) is 0. The summed E-state index contributed by atoms with van der Waals surface area (Å²) < 4.78 is 5.84. The minimum absolute atomic E-state index is 0.223. The molecule has 5 aromatic carbocycles. The van der Waals surface area contributed by atoms with E-state index in [1.165, 1.54) is 0 Å². The summed E-state index contributed by atoms with van der Waals surface area (Å²) in [6.07, 6.45) is 1.81. The van der Waals surface area contributed by atoms with Gasteiger partial charge in [0.25, 0.3) is 5.91 Å². The predicted octanol–water partition coefficient (Wildman–Crippen LogP) is 6.83. The van der Waals surface area contributed by atoms with E-state index in [0.29, 0.717) is 16.8 Å². The molecule has 3 heterocycles. The largest absolute Gasteiger partial charge is 0.422 e. The number of nitrogens with one attached hydrogen (secondary N) is 3. The molecule has 6 nitrogen and oxygen atoms in total. The van der Waals surface area contributed by atoms with Crippen LogP contribution in [0.3, 0.4) is 0 Å². The molecule has 39 heavy (non-hydrogen) atoms. The Labute approximate surface area is 222 Å². The topological polar surface area (TPSA) is 83.4 Å². The van der Waals surface area contributed by atoms with Gasteiger partial charge in [0.1, 0.15) is 5.58 Å². The molecule has 8 rings (SSSR count). The monoisotopic (exact) mass is 507 g/mol. The summed E-state index contributed by atoms with van der Waals surface area (Å²) in [6, 6.07) is 33.3. The molecule has 1 amide bonds. The normalized spacial score (nSPS) is 17.7. The van der Waals surface area contributed by atoms with Crippen molar-refractivity contribution in [3.05, 3.63) is 131 Å². The summed E-state index contributed by atoms with van der Waals surface area (Å²) in [4.78, 5) is 27.2. The zero-order valence-electron chi connectivity index (χ0n) is 20.6. The molecule has 0 radical (unpaired) electrons. The number of fused-ring (bicyclic) bond motifs is 7. The number of carbonyl (C=O) groups is 1. The molecule has 0 saturated heterocycles. The Morgan fingerprint density at radius 1 is 0.615 bits per heavy atom. The average Bonchev–Trinajstić information content (AvgIpc) is 3.11. The molecule has 3 N–H and O–H groups in total. The van der Waals surface area contributed by atoms with Crippen LogP contribution in [0.15, 0.2) is 118 Å². The molecular formula is C33H21N3O3. The molecule has 186 valence electrons. The van der Waals surface area contributed by atoms with Gasteiger partial charge in [0, 0.05) is 16.6 Å². The first-order chi connectivity index (χ1) is 19.1. The highest BCUT2D eigenvalue weighted by atomic mass is 16.4. The Balaban J connectivity index is 1.43. The molecule has 1 atom stereocenters. The lowest BCUT2D eigenvalue weighted by molar-refractivity contribution is -0.118. The van der Waals surface area contributed by atoms with Crippen molar-refractivity contribution in [1.82, 2.24) is 0 Å². The van der Waals surface area contributed by atoms with Crippen molar-refractivity contribution < 1.29 is 9.21 Å². The number of hydrogen-bond donors (Lipinski definition) is 3. The number of hydrogen-bond acceptors (Lipinski definition) is 5. The van der Waals surface area contributed by atoms with Crippen LogP contribution in [0.25, 0.3) is 38.2 Å². The van der Waals surface area contributed by atoms with Crippen molar-refractivity contribution in [1.29, 1.82) is 0 Å². The van der Waals surface area contributed by atoms with Gasteiger partial charge in [-0.15, -0.1) is 0 Å². The first-order valence-electron chi connectivity index (χ1n) is 12.8. The molecule has 0 fully saturated rings.